The molecule has 0 aliphatic carbocycles. The van der Waals surface area contributed by atoms with Crippen LogP contribution in [0.4, 0.5) is 5.69 Å². The van der Waals surface area contributed by atoms with E-state index < -0.39 is 0 Å². The van der Waals surface area contributed by atoms with E-state index in [2.05, 4.69) is 42.7 Å². The lowest BCUT2D eigenvalue weighted by atomic mass is 10.1. The van der Waals surface area contributed by atoms with Crippen LogP contribution in [-0.2, 0) is 0 Å². The van der Waals surface area contributed by atoms with Crippen LogP contribution in [0, 0.1) is 5.92 Å². The van der Waals surface area contributed by atoms with Gasteiger partial charge in [-0.15, -0.1) is 0 Å². The molecule has 0 atom stereocenters. The zero-order chi connectivity index (χ0) is 14.4. The average molecular weight is 280 g/mol. The first-order valence-corrected chi connectivity index (χ1v) is 6.96. The van der Waals surface area contributed by atoms with Crippen LogP contribution in [0.1, 0.15) is 19.4 Å². The van der Waals surface area contributed by atoms with Crippen molar-refractivity contribution in [3.8, 4) is 0 Å². The van der Waals surface area contributed by atoms with Crippen LogP contribution in [0.3, 0.4) is 0 Å². The van der Waals surface area contributed by atoms with Gasteiger partial charge in [0.2, 0.25) is 0 Å². The minimum atomic E-state index is 0.427. The molecule has 19 heavy (non-hydrogen) atoms. The van der Waals surface area contributed by atoms with Gasteiger partial charge in [0.05, 0.1) is 11.9 Å². The number of anilines is 1. The van der Waals surface area contributed by atoms with Gasteiger partial charge in [-0.2, -0.15) is 0 Å². The summed E-state index contributed by atoms with van der Waals surface area (Å²) in [7, 11) is 4.15. The van der Waals surface area contributed by atoms with Gasteiger partial charge in [-0.3, -0.25) is 4.98 Å². The van der Waals surface area contributed by atoms with E-state index in [1.807, 2.05) is 12.3 Å². The van der Waals surface area contributed by atoms with Crippen LogP contribution in [0.5, 0.6) is 0 Å². The topological polar surface area (TPSA) is 45.4 Å². The molecule has 0 unspecified atom stereocenters. The maximum atomic E-state index is 5.81. The highest BCUT2D eigenvalue weighted by Crippen LogP contribution is 2.20. The van der Waals surface area contributed by atoms with E-state index in [0.717, 1.165) is 30.9 Å². The molecule has 0 aliphatic heterocycles. The minimum absolute atomic E-state index is 0.427. The highest BCUT2D eigenvalue weighted by molar-refractivity contribution is 7.80. The molecule has 0 amide bonds. The number of nitrogens with zero attached hydrogens (tertiary/aromatic N) is 3. The van der Waals surface area contributed by atoms with Gasteiger partial charge >= 0.3 is 0 Å². The zero-order valence-corrected chi connectivity index (χ0v) is 13.1. The van der Waals surface area contributed by atoms with Crippen molar-refractivity contribution in [1.82, 2.24) is 9.88 Å². The fraction of sp³-hybridized carbons (Fsp3) is 0.571. The van der Waals surface area contributed by atoms with Crippen molar-refractivity contribution in [1.29, 1.82) is 0 Å². The molecule has 0 aliphatic rings. The summed E-state index contributed by atoms with van der Waals surface area (Å²) in [6.07, 6.45) is 3.59. The number of aromatic nitrogens is 1. The van der Waals surface area contributed by atoms with E-state index >= 15 is 0 Å². The van der Waals surface area contributed by atoms with Crippen LogP contribution in [0.2, 0.25) is 0 Å². The predicted octanol–water partition coefficient (Wildman–Crippen LogP) is 1.74. The third-order valence-corrected chi connectivity index (χ3v) is 3.03. The van der Waals surface area contributed by atoms with E-state index in [-0.39, 0.29) is 0 Å². The quantitative estimate of drug-likeness (QED) is 0.771. The van der Waals surface area contributed by atoms with Gasteiger partial charge in [-0.25, -0.2) is 0 Å². The molecule has 1 heterocycles. The molecule has 2 N–H and O–H groups in total. The van der Waals surface area contributed by atoms with Crippen molar-refractivity contribution in [3.63, 3.8) is 0 Å². The minimum Gasteiger partial charge on any atom is -0.389 e. The first kappa shape index (κ1) is 15.9. The smallest absolute Gasteiger partial charge is 0.106 e. The number of rotatable bonds is 7. The summed E-state index contributed by atoms with van der Waals surface area (Å²) < 4.78 is 0. The van der Waals surface area contributed by atoms with Crippen molar-refractivity contribution in [2.45, 2.75) is 13.8 Å². The summed E-state index contributed by atoms with van der Waals surface area (Å²) in [5.41, 5.74) is 7.75. The normalized spacial score (nSPS) is 11.1. The summed E-state index contributed by atoms with van der Waals surface area (Å²) in [5.74, 6) is 0.571. The second-order valence-electron chi connectivity index (χ2n) is 5.40. The van der Waals surface area contributed by atoms with Crippen molar-refractivity contribution in [2.75, 3.05) is 38.6 Å². The molecular weight excluding hydrogens is 256 g/mol. The molecule has 0 aromatic carbocycles. The molecule has 0 saturated heterocycles. The second kappa shape index (κ2) is 7.40. The Morgan fingerprint density at radius 3 is 2.58 bits per heavy atom. The lowest BCUT2D eigenvalue weighted by Gasteiger charge is -2.29. The summed E-state index contributed by atoms with van der Waals surface area (Å²) in [5, 5.41) is 0. The zero-order valence-electron chi connectivity index (χ0n) is 12.3. The van der Waals surface area contributed by atoms with Crippen LogP contribution in [0.25, 0.3) is 0 Å². The molecule has 0 saturated carbocycles. The highest BCUT2D eigenvalue weighted by atomic mass is 32.1. The van der Waals surface area contributed by atoms with Gasteiger partial charge in [0.25, 0.3) is 0 Å². The summed E-state index contributed by atoms with van der Waals surface area (Å²) in [4.78, 5) is 9.12. The standard InChI is InChI=1S/C14H24N4S/c1-11(2)10-18(8-7-17(3)4)13-9-16-6-5-12(13)14(15)19/h5-6,9,11H,7-8,10H2,1-4H3,(H2,15,19). The number of hydrogen-bond donors (Lipinski definition) is 1. The van der Waals surface area contributed by atoms with Crippen molar-refractivity contribution >= 4 is 22.9 Å². The van der Waals surface area contributed by atoms with Crippen LogP contribution in [0.15, 0.2) is 18.5 Å². The first-order chi connectivity index (χ1) is 8.91. The Bertz CT molecular complexity index is 418. The number of likely N-dealkylation sites (N-methyl/N-ethyl adjacent to an activating group) is 1. The van der Waals surface area contributed by atoms with Gasteiger partial charge in [0, 0.05) is 31.4 Å². The Morgan fingerprint density at radius 2 is 2.05 bits per heavy atom. The first-order valence-electron chi connectivity index (χ1n) is 6.55. The third-order valence-electron chi connectivity index (χ3n) is 2.81. The lowest BCUT2D eigenvalue weighted by Crippen LogP contribution is -2.35. The third kappa shape index (κ3) is 5.12. The largest absolute Gasteiger partial charge is 0.389 e. The van der Waals surface area contributed by atoms with Crippen molar-refractivity contribution in [3.05, 3.63) is 24.0 Å². The molecule has 0 bridgehead atoms. The number of pyridine rings is 1. The fourth-order valence-electron chi connectivity index (χ4n) is 1.92. The van der Waals surface area contributed by atoms with Crippen LogP contribution >= 0.6 is 12.2 Å². The van der Waals surface area contributed by atoms with Crippen LogP contribution in [-0.4, -0.2) is 48.6 Å². The molecular formula is C14H24N4S. The molecule has 0 radical (unpaired) electrons. The summed E-state index contributed by atoms with van der Waals surface area (Å²) >= 11 is 5.13. The molecule has 1 rings (SSSR count). The van der Waals surface area contributed by atoms with E-state index in [0.29, 0.717) is 10.9 Å². The van der Waals surface area contributed by atoms with Gasteiger partial charge in [0.15, 0.2) is 0 Å². The fourth-order valence-corrected chi connectivity index (χ4v) is 2.09. The van der Waals surface area contributed by atoms with Crippen LogP contribution < -0.4 is 10.6 Å². The Labute approximate surface area is 121 Å². The number of thiocarbonyl (C=S) groups is 1. The lowest BCUT2D eigenvalue weighted by molar-refractivity contribution is 0.409. The van der Waals surface area contributed by atoms with E-state index in [1.54, 1.807) is 6.20 Å². The monoisotopic (exact) mass is 280 g/mol. The van der Waals surface area contributed by atoms with Gasteiger partial charge in [0.1, 0.15) is 4.99 Å². The molecule has 1 aromatic rings. The van der Waals surface area contributed by atoms with Crippen molar-refractivity contribution in [2.24, 2.45) is 11.7 Å². The van der Waals surface area contributed by atoms with E-state index in [4.69, 9.17) is 18.0 Å². The molecule has 0 spiro atoms. The Morgan fingerprint density at radius 1 is 1.37 bits per heavy atom. The molecule has 5 heteroatoms. The summed E-state index contributed by atoms with van der Waals surface area (Å²) in [6, 6.07) is 1.89. The van der Waals surface area contributed by atoms with Gasteiger partial charge in [-0.05, 0) is 26.1 Å². The molecule has 1 aromatic heterocycles. The van der Waals surface area contributed by atoms with Crippen molar-refractivity contribution < 1.29 is 0 Å². The number of nitrogens with two attached hydrogens (primary N) is 1. The predicted molar refractivity (Wildman–Crippen MR) is 85.7 cm³/mol. The number of hydrogen-bond acceptors (Lipinski definition) is 4. The van der Waals surface area contributed by atoms with Gasteiger partial charge in [-0.1, -0.05) is 26.1 Å². The highest BCUT2D eigenvalue weighted by Gasteiger charge is 2.14. The maximum absolute atomic E-state index is 5.81. The molecule has 106 valence electrons. The SMILES string of the molecule is CC(C)CN(CCN(C)C)c1cnccc1C(N)=S. The maximum Gasteiger partial charge on any atom is 0.106 e. The average Bonchev–Trinajstić information content (AvgIpc) is 2.33. The van der Waals surface area contributed by atoms with E-state index in [9.17, 15) is 0 Å². The Hall–Kier alpha value is -1.20. The Kier molecular flexibility index (Phi) is 6.18. The molecule has 4 nitrogen and oxygen atoms in total. The molecule has 0 fully saturated rings. The Balaban J connectivity index is 2.99. The second-order valence-corrected chi connectivity index (χ2v) is 5.84. The summed E-state index contributed by atoms with van der Waals surface area (Å²) in [6.45, 7) is 7.30. The van der Waals surface area contributed by atoms with Gasteiger partial charge < -0.3 is 15.5 Å². The van der Waals surface area contributed by atoms with E-state index in [1.165, 1.54) is 0 Å².